The molecule has 0 saturated carbocycles. The third-order valence-corrected chi connectivity index (χ3v) is 5.05. The third-order valence-electron chi connectivity index (χ3n) is 3.17. The molecule has 0 bridgehead atoms. The number of hydrogen-bond donors (Lipinski definition) is 0. The Labute approximate surface area is 110 Å². The maximum absolute atomic E-state index is 12.8. The van der Waals surface area contributed by atoms with Gasteiger partial charge in [-0.15, -0.1) is 0 Å². The number of halogens is 1. The van der Waals surface area contributed by atoms with Crippen LogP contribution in [0, 0.1) is 11.7 Å². The Morgan fingerprint density at radius 3 is 2.53 bits per heavy atom. The Kier molecular flexibility index (Phi) is 3.86. The number of carboxylic acid groups (broad SMARTS) is 1. The van der Waals surface area contributed by atoms with Gasteiger partial charge in [0.1, 0.15) is 5.82 Å². The van der Waals surface area contributed by atoms with Crippen LogP contribution >= 0.6 is 0 Å². The molecule has 0 aliphatic carbocycles. The Morgan fingerprint density at radius 1 is 1.32 bits per heavy atom. The minimum atomic E-state index is -3.77. The van der Waals surface area contributed by atoms with Gasteiger partial charge in [0.2, 0.25) is 10.0 Å². The molecule has 0 amide bonds. The van der Waals surface area contributed by atoms with Crippen molar-refractivity contribution in [2.45, 2.75) is 17.7 Å². The molecule has 0 N–H and O–H groups in total. The highest BCUT2D eigenvalue weighted by Crippen LogP contribution is 2.23. The largest absolute Gasteiger partial charge is 0.550 e. The fourth-order valence-electron chi connectivity index (χ4n) is 2.11. The van der Waals surface area contributed by atoms with Gasteiger partial charge < -0.3 is 9.90 Å². The topological polar surface area (TPSA) is 77.5 Å². The monoisotopic (exact) mass is 286 g/mol. The van der Waals surface area contributed by atoms with Crippen LogP contribution in [0.25, 0.3) is 0 Å². The summed E-state index contributed by atoms with van der Waals surface area (Å²) in [6, 6.07) is 4.47. The van der Waals surface area contributed by atoms with E-state index in [2.05, 4.69) is 0 Å². The lowest BCUT2D eigenvalue weighted by atomic mass is 10.0. The summed E-state index contributed by atoms with van der Waals surface area (Å²) >= 11 is 0. The molecule has 1 aliphatic heterocycles. The van der Waals surface area contributed by atoms with E-state index >= 15 is 0 Å². The Balaban J connectivity index is 2.24. The predicted octanol–water partition coefficient (Wildman–Crippen LogP) is -0.0237. The van der Waals surface area contributed by atoms with Crippen molar-refractivity contribution in [3.63, 3.8) is 0 Å². The van der Waals surface area contributed by atoms with Gasteiger partial charge in [0.25, 0.3) is 0 Å². The molecule has 2 rings (SSSR count). The third kappa shape index (κ3) is 2.93. The van der Waals surface area contributed by atoms with Crippen molar-refractivity contribution in [1.29, 1.82) is 0 Å². The average molecular weight is 286 g/mol. The van der Waals surface area contributed by atoms with E-state index in [1.165, 1.54) is 12.1 Å². The van der Waals surface area contributed by atoms with Gasteiger partial charge in [0.15, 0.2) is 0 Å². The van der Waals surface area contributed by atoms with E-state index in [9.17, 15) is 22.7 Å². The van der Waals surface area contributed by atoms with E-state index in [1.54, 1.807) is 0 Å². The summed E-state index contributed by atoms with van der Waals surface area (Å²) in [5, 5.41) is 10.8. The number of nitrogens with zero attached hydrogens (tertiary/aromatic N) is 1. The predicted molar refractivity (Wildman–Crippen MR) is 62.9 cm³/mol. The zero-order valence-corrected chi connectivity index (χ0v) is 10.9. The molecule has 1 aromatic carbocycles. The SMILES string of the molecule is O=C([O-])[C@@H]1CCCN(S(=O)(=O)c2ccc(F)cc2)C1. The number of piperidine rings is 1. The van der Waals surface area contributed by atoms with Gasteiger partial charge in [0, 0.05) is 25.0 Å². The van der Waals surface area contributed by atoms with Gasteiger partial charge in [-0.05, 0) is 37.1 Å². The van der Waals surface area contributed by atoms with Crippen molar-refractivity contribution in [2.24, 2.45) is 5.92 Å². The second-order valence-electron chi connectivity index (χ2n) is 4.48. The van der Waals surface area contributed by atoms with Gasteiger partial charge in [0.05, 0.1) is 4.90 Å². The maximum atomic E-state index is 12.8. The zero-order chi connectivity index (χ0) is 14.0. The first-order valence-corrected chi connectivity index (χ1v) is 7.32. The highest BCUT2D eigenvalue weighted by atomic mass is 32.2. The minimum Gasteiger partial charge on any atom is -0.550 e. The normalized spacial score (nSPS) is 21.2. The van der Waals surface area contributed by atoms with Gasteiger partial charge in [-0.1, -0.05) is 0 Å². The smallest absolute Gasteiger partial charge is 0.243 e. The molecule has 19 heavy (non-hydrogen) atoms. The summed E-state index contributed by atoms with van der Waals surface area (Å²) in [4.78, 5) is 10.8. The maximum Gasteiger partial charge on any atom is 0.243 e. The number of aliphatic carboxylic acids is 1. The lowest BCUT2D eigenvalue weighted by molar-refractivity contribution is -0.312. The summed E-state index contributed by atoms with van der Waals surface area (Å²) in [6.07, 6.45) is 0.886. The first kappa shape index (κ1) is 14.0. The highest BCUT2D eigenvalue weighted by Gasteiger charge is 2.30. The Hall–Kier alpha value is -1.47. The fraction of sp³-hybridized carbons (Fsp3) is 0.417. The molecule has 1 atom stereocenters. The Morgan fingerprint density at radius 2 is 1.95 bits per heavy atom. The number of carbonyl (C=O) groups is 1. The molecule has 1 fully saturated rings. The summed E-state index contributed by atoms with van der Waals surface area (Å²) in [6.45, 7) is 0.172. The molecule has 0 radical (unpaired) electrons. The lowest BCUT2D eigenvalue weighted by Crippen LogP contribution is -2.46. The molecule has 1 saturated heterocycles. The summed E-state index contributed by atoms with van der Waals surface area (Å²) in [7, 11) is -3.77. The second kappa shape index (κ2) is 5.26. The molecule has 1 heterocycles. The van der Waals surface area contributed by atoms with Gasteiger partial charge >= 0.3 is 0 Å². The first-order valence-electron chi connectivity index (χ1n) is 5.88. The first-order chi connectivity index (χ1) is 8.91. The molecule has 104 valence electrons. The molecule has 1 aromatic rings. The average Bonchev–Trinajstić information content (AvgIpc) is 2.39. The number of rotatable bonds is 3. The number of carbonyl (C=O) groups excluding carboxylic acids is 1. The van der Waals surface area contributed by atoms with E-state index in [0.717, 1.165) is 16.4 Å². The number of sulfonamides is 1. The van der Waals surface area contributed by atoms with Crippen LogP contribution in [0.4, 0.5) is 4.39 Å². The molecule has 0 unspecified atom stereocenters. The van der Waals surface area contributed by atoms with E-state index in [-0.39, 0.29) is 18.0 Å². The quantitative estimate of drug-likeness (QED) is 0.782. The standard InChI is InChI=1S/C12H14FNO4S/c13-10-3-5-11(6-4-10)19(17,18)14-7-1-2-9(8-14)12(15)16/h3-6,9H,1-2,7-8H2,(H,15,16)/p-1/t9-/m1/s1. The van der Waals surface area contributed by atoms with Crippen LogP contribution in [0.3, 0.4) is 0 Å². The van der Waals surface area contributed by atoms with Gasteiger partial charge in [-0.2, -0.15) is 4.31 Å². The van der Waals surface area contributed by atoms with Crippen LogP contribution < -0.4 is 5.11 Å². The molecular formula is C12H13FNO4S-. The van der Waals surface area contributed by atoms with Crippen molar-refractivity contribution in [3.05, 3.63) is 30.1 Å². The molecule has 5 nitrogen and oxygen atoms in total. The highest BCUT2D eigenvalue weighted by molar-refractivity contribution is 7.89. The second-order valence-corrected chi connectivity index (χ2v) is 6.41. The molecule has 0 spiro atoms. The summed E-state index contributed by atoms with van der Waals surface area (Å²) in [5.41, 5.74) is 0. The molecule has 7 heteroatoms. The van der Waals surface area contributed by atoms with E-state index in [0.29, 0.717) is 12.8 Å². The van der Waals surface area contributed by atoms with Crippen molar-refractivity contribution in [1.82, 2.24) is 4.31 Å². The van der Waals surface area contributed by atoms with Crippen LogP contribution in [0.5, 0.6) is 0 Å². The molecule has 1 aliphatic rings. The molecule has 0 aromatic heterocycles. The summed E-state index contributed by atoms with van der Waals surface area (Å²) in [5.74, 6) is -2.55. The van der Waals surface area contributed by atoms with Crippen molar-refractivity contribution in [3.8, 4) is 0 Å². The fourth-order valence-corrected chi connectivity index (χ4v) is 3.63. The zero-order valence-electron chi connectivity index (χ0n) is 10.1. The minimum absolute atomic E-state index is 0.0344. The number of benzene rings is 1. The van der Waals surface area contributed by atoms with Crippen LogP contribution in [0.1, 0.15) is 12.8 Å². The van der Waals surface area contributed by atoms with E-state index in [1.807, 2.05) is 0 Å². The van der Waals surface area contributed by atoms with Crippen molar-refractivity contribution in [2.75, 3.05) is 13.1 Å². The summed E-state index contributed by atoms with van der Waals surface area (Å²) < 4.78 is 38.4. The van der Waals surface area contributed by atoms with Crippen molar-refractivity contribution >= 4 is 16.0 Å². The van der Waals surface area contributed by atoms with Gasteiger partial charge in [-0.25, -0.2) is 12.8 Å². The van der Waals surface area contributed by atoms with E-state index in [4.69, 9.17) is 0 Å². The van der Waals surface area contributed by atoms with Crippen molar-refractivity contribution < 1.29 is 22.7 Å². The number of carboxylic acids is 1. The van der Waals surface area contributed by atoms with E-state index < -0.39 is 27.7 Å². The van der Waals surface area contributed by atoms with Gasteiger partial charge in [-0.3, -0.25) is 0 Å². The van der Waals surface area contributed by atoms with Crippen LogP contribution in [-0.4, -0.2) is 31.8 Å². The molecular weight excluding hydrogens is 273 g/mol. The number of hydrogen-bond acceptors (Lipinski definition) is 4. The van der Waals surface area contributed by atoms with Crippen LogP contribution in [0.15, 0.2) is 29.2 Å². The van der Waals surface area contributed by atoms with Crippen LogP contribution in [0.2, 0.25) is 0 Å². The Bertz CT molecular complexity index is 570. The van der Waals surface area contributed by atoms with Crippen LogP contribution in [-0.2, 0) is 14.8 Å². The lowest BCUT2D eigenvalue weighted by Gasteiger charge is -2.32.